The van der Waals surface area contributed by atoms with E-state index in [1.54, 1.807) is 10.8 Å². The van der Waals surface area contributed by atoms with Crippen LogP contribution in [0.2, 0.25) is 0 Å². The fourth-order valence-electron chi connectivity index (χ4n) is 2.57. The average Bonchev–Trinajstić information content (AvgIpc) is 3.15. The maximum absolute atomic E-state index is 14.3. The summed E-state index contributed by atoms with van der Waals surface area (Å²) in [5, 5.41) is 0. The van der Waals surface area contributed by atoms with Crippen LogP contribution in [-0.4, -0.2) is 43.5 Å². The first-order valence-corrected chi connectivity index (χ1v) is 9.16. The lowest BCUT2D eigenvalue weighted by Gasteiger charge is -2.29. The lowest BCUT2D eigenvalue weighted by atomic mass is 10.0. The largest absolute Gasteiger partial charge is 0.342 e. The molecule has 1 aromatic carbocycles. The molecule has 25 heavy (non-hydrogen) atoms. The third-order valence-corrected chi connectivity index (χ3v) is 4.18. The van der Waals surface area contributed by atoms with Crippen molar-refractivity contribution in [3.8, 4) is 0 Å². The molecule has 0 N–H and O–H groups in total. The highest BCUT2D eigenvalue weighted by Gasteiger charge is 2.45. The Balaban J connectivity index is 1.88. The lowest BCUT2D eigenvalue weighted by molar-refractivity contribution is -0.191. The molecular weight excluding hydrogens is 358 g/mol. The van der Waals surface area contributed by atoms with Crippen LogP contribution >= 0.6 is 0 Å². The number of ether oxygens (including phenoxy) is 2. The Kier molecular flexibility index (Phi) is 4.87. The molecular formula is C15H16F2N2O5S. The first kappa shape index (κ1) is 17.9. The zero-order chi connectivity index (χ0) is 18.1. The van der Waals surface area contributed by atoms with Gasteiger partial charge >= 0.3 is 0 Å². The Hall–Kier alpha value is -1.88. The SMILES string of the molecule is CS(=O)(=O)OCC1COC(Cn2ccnc2)(c2ccc(F)cc2F)O1. The molecule has 1 aliphatic heterocycles. The van der Waals surface area contributed by atoms with Crippen LogP contribution in [0.5, 0.6) is 0 Å². The molecule has 1 saturated heterocycles. The van der Waals surface area contributed by atoms with Gasteiger partial charge in [-0.25, -0.2) is 13.8 Å². The molecule has 3 rings (SSSR count). The van der Waals surface area contributed by atoms with Crippen molar-refractivity contribution in [1.29, 1.82) is 0 Å². The lowest BCUT2D eigenvalue weighted by Crippen LogP contribution is -2.35. The molecule has 0 spiro atoms. The van der Waals surface area contributed by atoms with Crippen LogP contribution in [0.4, 0.5) is 8.78 Å². The molecule has 0 bridgehead atoms. The third-order valence-electron chi connectivity index (χ3n) is 3.62. The van der Waals surface area contributed by atoms with Gasteiger partial charge in [0.25, 0.3) is 10.1 Å². The van der Waals surface area contributed by atoms with Gasteiger partial charge in [0, 0.05) is 24.0 Å². The summed E-state index contributed by atoms with van der Waals surface area (Å²) in [6.07, 6.45) is 4.85. The highest BCUT2D eigenvalue weighted by molar-refractivity contribution is 7.85. The van der Waals surface area contributed by atoms with Crippen molar-refractivity contribution < 1.29 is 30.9 Å². The van der Waals surface area contributed by atoms with Gasteiger partial charge in [-0.1, -0.05) is 0 Å². The summed E-state index contributed by atoms with van der Waals surface area (Å²) in [4.78, 5) is 3.91. The number of imidazole rings is 1. The first-order chi connectivity index (χ1) is 11.8. The molecule has 0 aliphatic carbocycles. The van der Waals surface area contributed by atoms with Gasteiger partial charge in [-0.15, -0.1) is 0 Å². The zero-order valence-corrected chi connectivity index (χ0v) is 14.1. The number of halogens is 2. The molecule has 1 aliphatic rings. The molecule has 10 heteroatoms. The smallest absolute Gasteiger partial charge is 0.264 e. The number of hydrogen-bond acceptors (Lipinski definition) is 6. The topological polar surface area (TPSA) is 79.7 Å². The predicted molar refractivity (Wildman–Crippen MR) is 81.9 cm³/mol. The maximum atomic E-state index is 14.3. The molecule has 1 aromatic heterocycles. The summed E-state index contributed by atoms with van der Waals surface area (Å²) in [5.74, 6) is -3.11. The van der Waals surface area contributed by atoms with E-state index < -0.39 is 33.6 Å². The van der Waals surface area contributed by atoms with Crippen molar-refractivity contribution in [2.45, 2.75) is 18.4 Å². The average molecular weight is 374 g/mol. The normalized spacial score (nSPS) is 23.9. The van der Waals surface area contributed by atoms with E-state index in [-0.39, 0.29) is 25.3 Å². The van der Waals surface area contributed by atoms with Gasteiger partial charge in [0.05, 0.1) is 32.3 Å². The Morgan fingerprint density at radius 3 is 2.88 bits per heavy atom. The highest BCUT2D eigenvalue weighted by atomic mass is 32.2. The molecule has 1 fully saturated rings. The molecule has 7 nitrogen and oxygen atoms in total. The van der Waals surface area contributed by atoms with E-state index in [2.05, 4.69) is 4.98 Å². The number of benzene rings is 1. The Morgan fingerprint density at radius 2 is 2.24 bits per heavy atom. The Morgan fingerprint density at radius 1 is 1.44 bits per heavy atom. The molecule has 2 aromatic rings. The van der Waals surface area contributed by atoms with Crippen LogP contribution in [0.25, 0.3) is 0 Å². The van der Waals surface area contributed by atoms with Crippen LogP contribution in [0.15, 0.2) is 36.9 Å². The quantitative estimate of drug-likeness (QED) is 0.712. The van der Waals surface area contributed by atoms with Crippen molar-refractivity contribution >= 4 is 10.1 Å². The van der Waals surface area contributed by atoms with Crippen LogP contribution in [0.1, 0.15) is 5.56 Å². The highest BCUT2D eigenvalue weighted by Crippen LogP contribution is 2.37. The molecule has 0 radical (unpaired) electrons. The zero-order valence-electron chi connectivity index (χ0n) is 13.3. The van der Waals surface area contributed by atoms with E-state index in [1.807, 2.05) is 0 Å². The summed E-state index contributed by atoms with van der Waals surface area (Å²) < 4.78 is 67.7. The van der Waals surface area contributed by atoms with E-state index in [1.165, 1.54) is 18.6 Å². The van der Waals surface area contributed by atoms with Crippen LogP contribution < -0.4 is 0 Å². The number of hydrogen-bond donors (Lipinski definition) is 0. The molecule has 136 valence electrons. The minimum Gasteiger partial charge on any atom is -0.342 e. The Bertz CT molecular complexity index is 844. The van der Waals surface area contributed by atoms with Crippen LogP contribution in [0.3, 0.4) is 0 Å². The van der Waals surface area contributed by atoms with Gasteiger partial charge in [-0.3, -0.25) is 4.18 Å². The number of aromatic nitrogens is 2. The molecule has 0 saturated carbocycles. The minimum atomic E-state index is -3.65. The minimum absolute atomic E-state index is 0.00413. The molecule has 2 unspecified atom stereocenters. The number of nitrogens with zero attached hydrogens (tertiary/aromatic N) is 2. The summed E-state index contributed by atoms with van der Waals surface area (Å²) >= 11 is 0. The summed E-state index contributed by atoms with van der Waals surface area (Å²) in [6, 6.07) is 3.07. The predicted octanol–water partition coefficient (Wildman–Crippen LogP) is 1.41. The van der Waals surface area contributed by atoms with E-state index in [0.717, 1.165) is 18.4 Å². The van der Waals surface area contributed by atoms with Crippen LogP contribution in [0, 0.1) is 11.6 Å². The standard InChI is InChI=1S/C15H16F2N2O5S/c1-25(20,21)23-8-12-7-22-15(24-12,9-19-5-4-18-10-19)13-3-2-11(16)6-14(13)17/h2-6,10,12H,7-9H2,1H3. The molecule has 2 heterocycles. The van der Waals surface area contributed by atoms with Gasteiger partial charge in [-0.05, 0) is 12.1 Å². The third kappa shape index (κ3) is 4.21. The van der Waals surface area contributed by atoms with Gasteiger partial charge in [-0.2, -0.15) is 8.42 Å². The van der Waals surface area contributed by atoms with Crippen molar-refractivity contribution in [3.05, 3.63) is 54.1 Å². The maximum Gasteiger partial charge on any atom is 0.264 e. The van der Waals surface area contributed by atoms with E-state index in [9.17, 15) is 17.2 Å². The van der Waals surface area contributed by atoms with Gasteiger partial charge < -0.3 is 14.0 Å². The summed E-state index contributed by atoms with van der Waals surface area (Å²) in [7, 11) is -3.65. The van der Waals surface area contributed by atoms with Gasteiger partial charge in [0.15, 0.2) is 0 Å². The van der Waals surface area contributed by atoms with Gasteiger partial charge in [0.1, 0.15) is 17.7 Å². The monoisotopic (exact) mass is 374 g/mol. The van der Waals surface area contributed by atoms with E-state index in [4.69, 9.17) is 13.7 Å². The molecule has 0 amide bonds. The van der Waals surface area contributed by atoms with Crippen molar-refractivity contribution in [2.75, 3.05) is 19.5 Å². The fraction of sp³-hybridized carbons (Fsp3) is 0.400. The second kappa shape index (κ2) is 6.79. The summed E-state index contributed by atoms with van der Waals surface area (Å²) in [6.45, 7) is -0.237. The second-order valence-electron chi connectivity index (χ2n) is 5.65. The molecule has 2 atom stereocenters. The van der Waals surface area contributed by atoms with Crippen molar-refractivity contribution in [1.82, 2.24) is 9.55 Å². The second-order valence-corrected chi connectivity index (χ2v) is 7.30. The fourth-order valence-corrected chi connectivity index (χ4v) is 2.97. The Labute approximate surface area is 143 Å². The van der Waals surface area contributed by atoms with Gasteiger partial charge in [0.2, 0.25) is 5.79 Å². The van der Waals surface area contributed by atoms with E-state index in [0.29, 0.717) is 0 Å². The van der Waals surface area contributed by atoms with Crippen molar-refractivity contribution in [2.24, 2.45) is 0 Å². The van der Waals surface area contributed by atoms with E-state index >= 15 is 0 Å². The van der Waals surface area contributed by atoms with Crippen molar-refractivity contribution in [3.63, 3.8) is 0 Å². The summed E-state index contributed by atoms with van der Waals surface area (Å²) in [5.41, 5.74) is 0.00413. The number of rotatable bonds is 6. The first-order valence-electron chi connectivity index (χ1n) is 7.35. The van der Waals surface area contributed by atoms with Crippen LogP contribution in [-0.2, 0) is 36.1 Å².